The Morgan fingerprint density at radius 3 is 1.84 bits per heavy atom. The molecule has 4 heteroatoms. The van der Waals surface area contributed by atoms with Gasteiger partial charge in [0.25, 0.3) is 0 Å². The van der Waals surface area contributed by atoms with E-state index < -0.39 is 7.12 Å². The first-order valence-electron chi connectivity index (χ1n) is 15.2. The molecule has 2 aliphatic rings. The molecule has 0 N–H and O–H groups in total. The molecule has 0 radical (unpaired) electrons. The fourth-order valence-corrected chi connectivity index (χ4v) is 6.47. The Hall–Kier alpha value is -5.35. The molecule has 0 amide bonds. The summed E-state index contributed by atoms with van der Waals surface area (Å²) in [5, 5.41) is 4.62. The SMILES string of the molecule is C1=CC([C@@H](Cc2ccccc2)N=Cc2ccccc2B2Oc3ccc4ccccc4c3-c3c(ccc4ccccc34)O2)C=C1. The van der Waals surface area contributed by atoms with Crippen LogP contribution in [0.3, 0.4) is 0 Å². The number of hydrogen-bond acceptors (Lipinski definition) is 3. The van der Waals surface area contributed by atoms with Crippen molar-refractivity contribution < 1.29 is 9.31 Å². The Labute approximate surface area is 258 Å². The summed E-state index contributed by atoms with van der Waals surface area (Å²) >= 11 is 0. The Balaban J connectivity index is 1.23. The highest BCUT2D eigenvalue weighted by molar-refractivity contribution is 6.64. The Morgan fingerprint density at radius 1 is 0.614 bits per heavy atom. The molecule has 44 heavy (non-hydrogen) atoms. The third kappa shape index (κ3) is 4.89. The first-order valence-corrected chi connectivity index (χ1v) is 15.2. The van der Waals surface area contributed by atoms with Gasteiger partial charge in [0, 0.05) is 28.7 Å². The molecule has 210 valence electrons. The van der Waals surface area contributed by atoms with Crippen molar-refractivity contribution in [3.63, 3.8) is 0 Å². The molecular weight excluding hydrogens is 537 g/mol. The van der Waals surface area contributed by atoms with Crippen LogP contribution in [-0.2, 0) is 6.42 Å². The van der Waals surface area contributed by atoms with E-state index >= 15 is 0 Å². The highest BCUT2D eigenvalue weighted by Crippen LogP contribution is 2.47. The van der Waals surface area contributed by atoms with Gasteiger partial charge < -0.3 is 9.31 Å². The van der Waals surface area contributed by atoms with Crippen molar-refractivity contribution in [3.05, 3.63) is 163 Å². The van der Waals surface area contributed by atoms with E-state index in [4.69, 9.17) is 14.3 Å². The van der Waals surface area contributed by atoms with E-state index in [9.17, 15) is 0 Å². The first-order chi connectivity index (χ1) is 21.8. The number of aliphatic imine (C=N–C) groups is 1. The number of benzene rings is 6. The summed E-state index contributed by atoms with van der Waals surface area (Å²) in [5.74, 6) is 1.86. The van der Waals surface area contributed by atoms with Crippen LogP contribution < -0.4 is 14.8 Å². The van der Waals surface area contributed by atoms with Crippen molar-refractivity contribution >= 4 is 40.3 Å². The van der Waals surface area contributed by atoms with Crippen molar-refractivity contribution in [2.45, 2.75) is 12.5 Å². The molecule has 1 aliphatic carbocycles. The van der Waals surface area contributed by atoms with Crippen LogP contribution in [0.25, 0.3) is 32.7 Å². The predicted octanol–water partition coefficient (Wildman–Crippen LogP) is 8.60. The minimum atomic E-state index is -0.654. The van der Waals surface area contributed by atoms with Crippen LogP contribution in [0.1, 0.15) is 11.1 Å². The molecule has 3 nitrogen and oxygen atoms in total. The summed E-state index contributed by atoms with van der Waals surface area (Å²) in [4.78, 5) is 5.18. The smallest absolute Gasteiger partial charge is 0.521 e. The molecule has 0 aromatic heterocycles. The quantitative estimate of drug-likeness (QED) is 0.149. The van der Waals surface area contributed by atoms with Gasteiger partial charge in [-0.3, -0.25) is 4.99 Å². The third-order valence-corrected chi connectivity index (χ3v) is 8.66. The van der Waals surface area contributed by atoms with E-state index in [1.807, 2.05) is 18.3 Å². The van der Waals surface area contributed by atoms with Crippen molar-refractivity contribution in [1.82, 2.24) is 0 Å². The average molecular weight is 567 g/mol. The second-order valence-corrected chi connectivity index (χ2v) is 11.4. The molecule has 0 bridgehead atoms. The zero-order chi connectivity index (χ0) is 29.3. The lowest BCUT2D eigenvalue weighted by Gasteiger charge is -2.19. The number of rotatable bonds is 6. The second-order valence-electron chi connectivity index (χ2n) is 11.4. The topological polar surface area (TPSA) is 30.8 Å². The van der Waals surface area contributed by atoms with E-state index in [-0.39, 0.29) is 12.0 Å². The zero-order valence-corrected chi connectivity index (χ0v) is 24.2. The Morgan fingerprint density at radius 2 is 1.18 bits per heavy atom. The monoisotopic (exact) mass is 567 g/mol. The summed E-state index contributed by atoms with van der Waals surface area (Å²) in [6, 6.07) is 44.3. The minimum Gasteiger partial charge on any atom is -0.521 e. The van der Waals surface area contributed by atoms with Crippen LogP contribution >= 0.6 is 0 Å². The molecule has 6 aromatic rings. The van der Waals surface area contributed by atoms with Crippen molar-refractivity contribution in [3.8, 4) is 22.6 Å². The summed E-state index contributed by atoms with van der Waals surface area (Å²) in [5.41, 5.74) is 5.32. The van der Waals surface area contributed by atoms with Crippen LogP contribution in [0.4, 0.5) is 0 Å². The number of fused-ring (bicyclic) bond motifs is 7. The molecule has 6 aromatic carbocycles. The molecule has 0 unspecified atom stereocenters. The van der Waals surface area contributed by atoms with Gasteiger partial charge in [0.2, 0.25) is 0 Å². The fraction of sp³-hybridized carbons (Fsp3) is 0.0750. The maximum atomic E-state index is 6.82. The van der Waals surface area contributed by atoms with Gasteiger partial charge in [-0.2, -0.15) is 0 Å². The number of hydrogen-bond donors (Lipinski definition) is 0. The predicted molar refractivity (Wildman–Crippen MR) is 183 cm³/mol. The van der Waals surface area contributed by atoms with Crippen molar-refractivity contribution in [2.24, 2.45) is 10.9 Å². The van der Waals surface area contributed by atoms with Gasteiger partial charge in [-0.15, -0.1) is 0 Å². The van der Waals surface area contributed by atoms with Gasteiger partial charge >= 0.3 is 7.12 Å². The molecular formula is C40H30BNO2. The van der Waals surface area contributed by atoms with E-state index in [2.05, 4.69) is 140 Å². The van der Waals surface area contributed by atoms with Gasteiger partial charge in [0.05, 0.1) is 6.04 Å². The van der Waals surface area contributed by atoms with Crippen LogP contribution in [0.2, 0.25) is 0 Å². The van der Waals surface area contributed by atoms with E-state index in [0.29, 0.717) is 0 Å². The summed E-state index contributed by atoms with van der Waals surface area (Å²) < 4.78 is 13.6. The van der Waals surface area contributed by atoms with E-state index in [1.165, 1.54) is 16.3 Å². The molecule has 1 atom stereocenters. The lowest BCUT2D eigenvalue weighted by molar-refractivity contribution is 0.448. The molecule has 1 heterocycles. The standard InChI is InChI=1S/C40H30BNO2/c1-2-12-28(13-3-1)26-36(31-16-4-5-17-31)42-27-32-18-8-11-21-35(32)41-43-37-24-22-29-14-6-9-19-33(29)39(37)40-34-20-10-7-15-30(34)23-25-38(40)44-41/h1-25,27,31,36H,26H2/t36-/m1/s1. The highest BCUT2D eigenvalue weighted by atomic mass is 16.6. The summed E-state index contributed by atoms with van der Waals surface area (Å²) in [6.07, 6.45) is 11.6. The molecule has 0 saturated heterocycles. The lowest BCUT2D eigenvalue weighted by atomic mass is 9.75. The van der Waals surface area contributed by atoms with Gasteiger partial charge in [0.15, 0.2) is 0 Å². The minimum absolute atomic E-state index is 0.0793. The molecule has 8 rings (SSSR count). The second kappa shape index (κ2) is 11.4. The highest BCUT2D eigenvalue weighted by Gasteiger charge is 2.35. The lowest BCUT2D eigenvalue weighted by Crippen LogP contribution is -2.44. The normalized spacial score (nSPS) is 14.8. The number of allylic oxidation sites excluding steroid dienone is 2. The van der Waals surface area contributed by atoms with Crippen LogP contribution in [0, 0.1) is 5.92 Å². The van der Waals surface area contributed by atoms with Gasteiger partial charge in [-0.25, -0.2) is 0 Å². The molecule has 0 saturated carbocycles. The van der Waals surface area contributed by atoms with Crippen LogP contribution in [0.15, 0.2) is 157 Å². The van der Waals surface area contributed by atoms with Crippen molar-refractivity contribution in [2.75, 3.05) is 0 Å². The Kier molecular flexibility index (Phi) is 6.81. The van der Waals surface area contributed by atoms with Crippen molar-refractivity contribution in [1.29, 1.82) is 0 Å². The van der Waals surface area contributed by atoms with E-state index in [1.54, 1.807) is 0 Å². The fourth-order valence-electron chi connectivity index (χ4n) is 6.47. The van der Waals surface area contributed by atoms with E-state index in [0.717, 1.165) is 50.8 Å². The van der Waals surface area contributed by atoms with Crippen LogP contribution in [-0.4, -0.2) is 19.4 Å². The van der Waals surface area contributed by atoms with Gasteiger partial charge in [-0.1, -0.05) is 140 Å². The summed E-state index contributed by atoms with van der Waals surface area (Å²) in [7, 11) is -0.654. The largest absolute Gasteiger partial charge is 0.633 e. The molecule has 0 spiro atoms. The maximum Gasteiger partial charge on any atom is 0.633 e. The molecule has 0 fully saturated rings. The maximum absolute atomic E-state index is 6.82. The number of nitrogens with zero attached hydrogens (tertiary/aromatic N) is 1. The third-order valence-electron chi connectivity index (χ3n) is 8.66. The first kappa shape index (κ1) is 26.3. The van der Waals surface area contributed by atoms with Crippen LogP contribution in [0.5, 0.6) is 11.5 Å². The zero-order valence-electron chi connectivity index (χ0n) is 24.2. The Bertz CT molecular complexity index is 1980. The average Bonchev–Trinajstić information content (AvgIpc) is 3.56. The van der Waals surface area contributed by atoms with Gasteiger partial charge in [0.1, 0.15) is 11.5 Å². The summed E-state index contributed by atoms with van der Waals surface area (Å²) in [6.45, 7) is 0. The molecule has 1 aliphatic heterocycles. The van der Waals surface area contributed by atoms with Gasteiger partial charge in [-0.05, 0) is 51.2 Å².